The molecule has 27 heavy (non-hydrogen) atoms. The highest BCUT2D eigenvalue weighted by molar-refractivity contribution is 7.98. The average molecular weight is 437 g/mol. The number of sulfone groups is 1. The van der Waals surface area contributed by atoms with Crippen LogP contribution in [0.25, 0.3) is 0 Å². The Bertz CT molecular complexity index is 872. The number of aliphatic hydroxyl groups excluding tert-OH is 1. The van der Waals surface area contributed by atoms with Gasteiger partial charge in [-0.3, -0.25) is 0 Å². The molecule has 0 bridgehead atoms. The zero-order valence-corrected chi connectivity index (χ0v) is 16.9. The van der Waals surface area contributed by atoms with Crippen molar-refractivity contribution >= 4 is 33.2 Å². The molecule has 0 aromatic heterocycles. The molecular formula is C18H19ClF2O4S2. The molecule has 1 unspecified atom stereocenters. The minimum atomic E-state index is -3.88. The van der Waals surface area contributed by atoms with E-state index in [0.717, 1.165) is 17.9 Å². The van der Waals surface area contributed by atoms with Gasteiger partial charge in [0.15, 0.2) is 21.4 Å². The van der Waals surface area contributed by atoms with Gasteiger partial charge in [-0.25, -0.2) is 17.2 Å². The van der Waals surface area contributed by atoms with Gasteiger partial charge in [-0.2, -0.15) is 11.8 Å². The van der Waals surface area contributed by atoms with E-state index in [1.807, 2.05) is 6.26 Å². The first-order chi connectivity index (χ1) is 12.8. The summed E-state index contributed by atoms with van der Waals surface area (Å²) >= 11 is 7.40. The molecule has 0 fully saturated rings. The van der Waals surface area contributed by atoms with Gasteiger partial charge < -0.3 is 9.84 Å². The number of benzene rings is 2. The van der Waals surface area contributed by atoms with Crippen molar-refractivity contribution in [2.75, 3.05) is 25.2 Å². The Balaban J connectivity index is 0.000000465. The fourth-order valence-corrected chi connectivity index (χ4v) is 4.69. The van der Waals surface area contributed by atoms with Crippen molar-refractivity contribution in [2.45, 2.75) is 16.6 Å². The van der Waals surface area contributed by atoms with Gasteiger partial charge in [-0.15, -0.1) is 0 Å². The molecule has 0 aliphatic carbocycles. The molecule has 4 nitrogen and oxygen atoms in total. The van der Waals surface area contributed by atoms with E-state index in [4.69, 9.17) is 21.4 Å². The number of rotatable bonds is 4. The van der Waals surface area contributed by atoms with Gasteiger partial charge in [0.05, 0.1) is 23.7 Å². The number of thioether (sulfide) groups is 1. The lowest BCUT2D eigenvalue weighted by molar-refractivity contribution is 0.264. The molecule has 0 radical (unpaired) electrons. The number of hydrogen-bond donors (Lipinski definition) is 1. The standard InChI is InChI=1S/C15H11ClF2O3S.C3H8OS/c16-9-1-3-10(4-2-9)22(19,20)13-7-8-21-15-12(18)6-5-11(17)14(13)15;1-5-3-2-4/h1-6,13H,7-8H2;4H,2-3H2,1H3. The van der Waals surface area contributed by atoms with Crippen molar-refractivity contribution in [1.29, 1.82) is 0 Å². The molecule has 0 amide bonds. The summed E-state index contributed by atoms with van der Waals surface area (Å²) in [5.41, 5.74) is -0.249. The molecule has 0 saturated carbocycles. The van der Waals surface area contributed by atoms with Crippen LogP contribution in [-0.4, -0.2) is 38.7 Å². The second-order valence-corrected chi connectivity index (χ2v) is 9.17. The third-order valence-electron chi connectivity index (χ3n) is 3.86. The maximum atomic E-state index is 14.1. The summed E-state index contributed by atoms with van der Waals surface area (Å²) in [5, 5.41) is 7.25. The van der Waals surface area contributed by atoms with Crippen LogP contribution in [-0.2, 0) is 9.84 Å². The fourth-order valence-electron chi connectivity index (χ4n) is 2.60. The van der Waals surface area contributed by atoms with Crippen LogP contribution in [0, 0.1) is 11.6 Å². The van der Waals surface area contributed by atoms with Gasteiger partial charge in [-0.05, 0) is 42.7 Å². The highest BCUT2D eigenvalue weighted by Crippen LogP contribution is 2.42. The molecule has 3 rings (SSSR count). The number of ether oxygens (including phenoxy) is 1. The van der Waals surface area contributed by atoms with Crippen molar-refractivity contribution < 1.29 is 27.0 Å². The Morgan fingerprint density at radius 2 is 1.81 bits per heavy atom. The van der Waals surface area contributed by atoms with E-state index in [1.54, 1.807) is 11.8 Å². The smallest absolute Gasteiger partial charge is 0.185 e. The molecular weight excluding hydrogens is 418 g/mol. The Hall–Kier alpha value is -1.35. The normalized spacial score (nSPS) is 16.0. The molecule has 1 N–H and O–H groups in total. The van der Waals surface area contributed by atoms with Crippen LogP contribution >= 0.6 is 23.4 Å². The van der Waals surface area contributed by atoms with Crippen molar-refractivity contribution in [3.8, 4) is 5.75 Å². The highest BCUT2D eigenvalue weighted by atomic mass is 35.5. The summed E-state index contributed by atoms with van der Waals surface area (Å²) in [5.74, 6) is -1.03. The SMILES string of the molecule is CSCCO.O=S(=O)(c1ccc(Cl)cc1)C1CCOc2c(F)ccc(F)c21. The van der Waals surface area contributed by atoms with Crippen molar-refractivity contribution in [2.24, 2.45) is 0 Å². The van der Waals surface area contributed by atoms with Crippen LogP contribution in [0.15, 0.2) is 41.3 Å². The maximum Gasteiger partial charge on any atom is 0.185 e. The number of aliphatic hydroxyl groups is 1. The zero-order chi connectivity index (χ0) is 20.0. The fraction of sp³-hybridized carbons (Fsp3) is 0.333. The van der Waals surface area contributed by atoms with Crippen molar-refractivity contribution in [3.63, 3.8) is 0 Å². The number of hydrogen-bond acceptors (Lipinski definition) is 5. The van der Waals surface area contributed by atoms with Gasteiger partial charge >= 0.3 is 0 Å². The first-order valence-electron chi connectivity index (χ1n) is 8.03. The second kappa shape index (κ2) is 9.73. The van der Waals surface area contributed by atoms with Crippen LogP contribution in [0.5, 0.6) is 5.75 Å². The lowest BCUT2D eigenvalue weighted by Crippen LogP contribution is -2.23. The first-order valence-corrected chi connectivity index (χ1v) is 11.3. The summed E-state index contributed by atoms with van der Waals surface area (Å²) in [6, 6.07) is 7.42. The molecule has 148 valence electrons. The van der Waals surface area contributed by atoms with Gasteiger partial charge in [0.25, 0.3) is 0 Å². The van der Waals surface area contributed by atoms with Gasteiger partial charge in [-0.1, -0.05) is 11.6 Å². The predicted molar refractivity (Wildman–Crippen MR) is 103 cm³/mol. The average Bonchev–Trinajstić information content (AvgIpc) is 2.66. The van der Waals surface area contributed by atoms with Gasteiger partial charge in [0.2, 0.25) is 0 Å². The van der Waals surface area contributed by atoms with E-state index in [-0.39, 0.29) is 29.2 Å². The molecule has 9 heteroatoms. The third-order valence-corrected chi connectivity index (χ3v) is 6.85. The summed E-state index contributed by atoms with van der Waals surface area (Å²) < 4.78 is 58.4. The number of fused-ring (bicyclic) bond motifs is 1. The predicted octanol–water partition coefficient (Wildman–Crippen LogP) is 4.26. The van der Waals surface area contributed by atoms with Crippen LogP contribution in [0.2, 0.25) is 5.02 Å². The molecule has 1 aliphatic rings. The molecule has 2 aromatic rings. The van der Waals surface area contributed by atoms with Crippen LogP contribution in [0.3, 0.4) is 0 Å². The molecule has 1 aliphatic heterocycles. The minimum Gasteiger partial charge on any atom is -0.490 e. The Labute approximate surface area is 166 Å². The van der Waals surface area contributed by atoms with Crippen molar-refractivity contribution in [3.05, 3.63) is 58.6 Å². The highest BCUT2D eigenvalue weighted by Gasteiger charge is 2.37. The van der Waals surface area contributed by atoms with Gasteiger partial charge in [0, 0.05) is 17.2 Å². The lowest BCUT2D eigenvalue weighted by atomic mass is 10.0. The van der Waals surface area contributed by atoms with Crippen LogP contribution < -0.4 is 4.74 Å². The third kappa shape index (κ3) is 5.13. The summed E-state index contributed by atoms with van der Waals surface area (Å²) in [6.07, 6.45) is 2.02. The quantitative estimate of drug-likeness (QED) is 0.775. The van der Waals surface area contributed by atoms with Crippen molar-refractivity contribution in [1.82, 2.24) is 0 Å². The van der Waals surface area contributed by atoms with E-state index in [1.165, 1.54) is 24.3 Å². The molecule has 0 spiro atoms. The van der Waals surface area contributed by atoms with E-state index >= 15 is 0 Å². The molecule has 0 saturated heterocycles. The zero-order valence-electron chi connectivity index (χ0n) is 14.5. The lowest BCUT2D eigenvalue weighted by Gasteiger charge is -2.26. The van der Waals surface area contributed by atoms with E-state index in [2.05, 4.69) is 0 Å². The molecule has 1 atom stereocenters. The Kier molecular flexibility index (Phi) is 7.91. The molecule has 1 heterocycles. The van der Waals surface area contributed by atoms with Gasteiger partial charge in [0.1, 0.15) is 11.1 Å². The van der Waals surface area contributed by atoms with E-state index in [9.17, 15) is 17.2 Å². The summed E-state index contributed by atoms with van der Waals surface area (Å²) in [6.45, 7) is 0.312. The van der Waals surface area contributed by atoms with Crippen LogP contribution in [0.4, 0.5) is 8.78 Å². The Morgan fingerprint density at radius 3 is 2.37 bits per heavy atom. The number of halogens is 3. The summed E-state index contributed by atoms with van der Waals surface area (Å²) in [4.78, 5) is 0.0124. The Morgan fingerprint density at radius 1 is 1.19 bits per heavy atom. The maximum absolute atomic E-state index is 14.1. The first kappa shape index (κ1) is 21.9. The largest absolute Gasteiger partial charge is 0.490 e. The van der Waals surface area contributed by atoms with Crippen LogP contribution in [0.1, 0.15) is 17.2 Å². The monoisotopic (exact) mass is 436 g/mol. The topological polar surface area (TPSA) is 63.6 Å². The molecule has 2 aromatic carbocycles. The summed E-state index contributed by atoms with van der Waals surface area (Å²) in [7, 11) is -3.88. The second-order valence-electron chi connectivity index (χ2n) is 5.61. The van der Waals surface area contributed by atoms with E-state index in [0.29, 0.717) is 11.6 Å². The minimum absolute atomic E-state index is 0.00482. The van der Waals surface area contributed by atoms with E-state index < -0.39 is 26.7 Å².